The van der Waals surface area contributed by atoms with E-state index in [2.05, 4.69) is 35.6 Å². The third-order valence-corrected chi connectivity index (χ3v) is 4.22. The van der Waals surface area contributed by atoms with E-state index in [1.54, 1.807) is 6.33 Å². The van der Waals surface area contributed by atoms with E-state index in [0.29, 0.717) is 0 Å². The highest BCUT2D eigenvalue weighted by Crippen LogP contribution is 2.22. The van der Waals surface area contributed by atoms with Gasteiger partial charge in [-0.1, -0.05) is 13.8 Å². The minimum atomic E-state index is 0.777. The molecule has 1 aliphatic heterocycles. The number of aromatic nitrogens is 2. The van der Waals surface area contributed by atoms with E-state index in [9.17, 15) is 0 Å². The summed E-state index contributed by atoms with van der Waals surface area (Å²) in [5, 5.41) is 0. The van der Waals surface area contributed by atoms with Gasteiger partial charge in [-0.05, 0) is 57.7 Å². The summed E-state index contributed by atoms with van der Waals surface area (Å²) in [6.45, 7) is 9.04. The molecule has 100 valence electrons. The quantitative estimate of drug-likeness (QED) is 0.801. The van der Waals surface area contributed by atoms with Gasteiger partial charge in [0.1, 0.15) is 6.33 Å². The van der Waals surface area contributed by atoms with Crippen LogP contribution in [0.3, 0.4) is 0 Å². The highest BCUT2D eigenvalue weighted by atomic mass is 15.2. The van der Waals surface area contributed by atoms with Gasteiger partial charge in [0.15, 0.2) is 0 Å². The summed E-state index contributed by atoms with van der Waals surface area (Å²) >= 11 is 0. The lowest BCUT2D eigenvalue weighted by Crippen LogP contribution is -2.29. The van der Waals surface area contributed by atoms with Gasteiger partial charge in [-0.2, -0.15) is 0 Å². The first-order valence-electron chi connectivity index (χ1n) is 7.29. The van der Waals surface area contributed by atoms with Crippen molar-refractivity contribution in [2.24, 2.45) is 0 Å². The van der Waals surface area contributed by atoms with E-state index < -0.39 is 0 Å². The first kappa shape index (κ1) is 13.5. The molecule has 0 amide bonds. The molecule has 0 bridgehead atoms. The average molecular weight is 247 g/mol. The predicted octanol–water partition coefficient (Wildman–Crippen LogP) is 2.76. The second-order valence-electron chi connectivity index (χ2n) is 5.20. The van der Waals surface area contributed by atoms with Crippen molar-refractivity contribution in [1.29, 1.82) is 0 Å². The highest BCUT2D eigenvalue weighted by Gasteiger charge is 2.23. The highest BCUT2D eigenvalue weighted by molar-refractivity contribution is 5.24. The summed E-state index contributed by atoms with van der Waals surface area (Å²) in [5.41, 5.74) is 3.80. The van der Waals surface area contributed by atoms with Crippen molar-refractivity contribution in [3.8, 4) is 0 Å². The van der Waals surface area contributed by atoms with Crippen molar-refractivity contribution in [2.75, 3.05) is 13.1 Å². The van der Waals surface area contributed by atoms with E-state index in [4.69, 9.17) is 0 Å². The minimum Gasteiger partial charge on any atom is -0.301 e. The summed E-state index contributed by atoms with van der Waals surface area (Å²) in [5.74, 6) is 0. The molecule has 0 aliphatic carbocycles. The zero-order valence-electron chi connectivity index (χ0n) is 11.9. The Bertz CT molecular complexity index is 389. The Morgan fingerprint density at radius 2 is 2.17 bits per heavy atom. The van der Waals surface area contributed by atoms with Crippen LogP contribution in [0.1, 0.15) is 50.1 Å². The van der Waals surface area contributed by atoms with Gasteiger partial charge < -0.3 is 4.90 Å². The van der Waals surface area contributed by atoms with Gasteiger partial charge in [0, 0.05) is 17.4 Å². The molecule has 0 radical (unpaired) electrons. The molecule has 0 aromatic carbocycles. The third-order valence-electron chi connectivity index (χ3n) is 4.22. The summed E-state index contributed by atoms with van der Waals surface area (Å²) in [7, 11) is 0. The van der Waals surface area contributed by atoms with Gasteiger partial charge in [-0.25, -0.2) is 9.97 Å². The number of likely N-dealkylation sites (tertiary alicyclic amines) is 1. The van der Waals surface area contributed by atoms with Crippen molar-refractivity contribution >= 4 is 0 Å². The van der Waals surface area contributed by atoms with Crippen LogP contribution in [0.5, 0.6) is 0 Å². The second kappa shape index (κ2) is 6.28. The van der Waals surface area contributed by atoms with E-state index in [1.807, 2.05) is 0 Å². The Balaban J connectivity index is 2.01. The first-order valence-corrected chi connectivity index (χ1v) is 7.29. The molecule has 1 fully saturated rings. The van der Waals surface area contributed by atoms with Crippen LogP contribution in [-0.4, -0.2) is 34.0 Å². The van der Waals surface area contributed by atoms with Crippen molar-refractivity contribution < 1.29 is 0 Å². The molecule has 3 nitrogen and oxygen atoms in total. The normalized spacial score (nSPS) is 20.5. The molecule has 3 heteroatoms. The molecule has 1 aliphatic rings. The van der Waals surface area contributed by atoms with E-state index in [0.717, 1.165) is 18.9 Å². The summed E-state index contributed by atoms with van der Waals surface area (Å²) in [4.78, 5) is 11.4. The fourth-order valence-electron chi connectivity index (χ4n) is 3.13. The maximum absolute atomic E-state index is 4.42. The molecule has 1 saturated heterocycles. The van der Waals surface area contributed by atoms with E-state index >= 15 is 0 Å². The van der Waals surface area contributed by atoms with Gasteiger partial charge in [-0.3, -0.25) is 0 Å². The second-order valence-corrected chi connectivity index (χ2v) is 5.20. The van der Waals surface area contributed by atoms with Crippen molar-refractivity contribution in [2.45, 2.75) is 58.9 Å². The molecule has 0 N–H and O–H groups in total. The maximum Gasteiger partial charge on any atom is 0.115 e. The summed E-state index contributed by atoms with van der Waals surface area (Å²) < 4.78 is 0. The van der Waals surface area contributed by atoms with Crippen LogP contribution in [-0.2, 0) is 12.8 Å². The fourth-order valence-corrected chi connectivity index (χ4v) is 3.13. The van der Waals surface area contributed by atoms with Gasteiger partial charge in [-0.15, -0.1) is 0 Å². The molecule has 0 spiro atoms. The molecule has 1 aromatic heterocycles. The lowest BCUT2D eigenvalue weighted by Gasteiger charge is -2.23. The predicted molar refractivity (Wildman–Crippen MR) is 74.7 cm³/mol. The number of rotatable bonds is 5. The van der Waals surface area contributed by atoms with Gasteiger partial charge in [0.05, 0.1) is 0 Å². The van der Waals surface area contributed by atoms with E-state index in [1.165, 1.54) is 49.3 Å². The molecule has 1 atom stereocenters. The Labute approximate surface area is 111 Å². The molecule has 18 heavy (non-hydrogen) atoms. The van der Waals surface area contributed by atoms with Crippen molar-refractivity contribution in [1.82, 2.24) is 14.9 Å². The molecule has 2 rings (SSSR count). The first-order chi connectivity index (χ1) is 8.76. The van der Waals surface area contributed by atoms with Crippen LogP contribution in [0, 0.1) is 6.92 Å². The van der Waals surface area contributed by atoms with Crippen LogP contribution in [0.2, 0.25) is 0 Å². The SMILES string of the molecule is CCc1ncnc(C)c1CCC1CCCN1CC. The molecule has 1 aromatic rings. The van der Waals surface area contributed by atoms with Gasteiger partial charge >= 0.3 is 0 Å². The van der Waals surface area contributed by atoms with Crippen LogP contribution in [0.25, 0.3) is 0 Å². The largest absolute Gasteiger partial charge is 0.301 e. The monoisotopic (exact) mass is 247 g/mol. The van der Waals surface area contributed by atoms with Crippen LogP contribution >= 0.6 is 0 Å². The topological polar surface area (TPSA) is 29.0 Å². The molecule has 2 heterocycles. The summed E-state index contributed by atoms with van der Waals surface area (Å²) in [6, 6.07) is 0.777. The lowest BCUT2D eigenvalue weighted by molar-refractivity contribution is 0.255. The Hall–Kier alpha value is -0.960. The van der Waals surface area contributed by atoms with Crippen molar-refractivity contribution in [3.05, 3.63) is 23.3 Å². The Kier molecular flexibility index (Phi) is 4.70. The van der Waals surface area contributed by atoms with Crippen LogP contribution in [0.4, 0.5) is 0 Å². The Morgan fingerprint density at radius 1 is 1.33 bits per heavy atom. The number of aryl methyl sites for hydroxylation is 2. The number of hydrogen-bond acceptors (Lipinski definition) is 3. The molecular weight excluding hydrogens is 222 g/mol. The number of hydrogen-bond donors (Lipinski definition) is 0. The maximum atomic E-state index is 4.42. The average Bonchev–Trinajstić information content (AvgIpc) is 2.84. The number of nitrogens with zero attached hydrogens (tertiary/aromatic N) is 3. The fraction of sp³-hybridized carbons (Fsp3) is 0.733. The zero-order chi connectivity index (χ0) is 13.0. The minimum absolute atomic E-state index is 0.777. The van der Waals surface area contributed by atoms with Gasteiger partial charge in [0.25, 0.3) is 0 Å². The molecule has 0 saturated carbocycles. The van der Waals surface area contributed by atoms with Gasteiger partial charge in [0.2, 0.25) is 0 Å². The lowest BCUT2D eigenvalue weighted by atomic mass is 10.00. The molecule has 1 unspecified atom stereocenters. The zero-order valence-corrected chi connectivity index (χ0v) is 11.9. The molecular formula is C15H25N3. The Morgan fingerprint density at radius 3 is 2.89 bits per heavy atom. The smallest absolute Gasteiger partial charge is 0.115 e. The van der Waals surface area contributed by atoms with E-state index in [-0.39, 0.29) is 0 Å². The third kappa shape index (κ3) is 2.89. The summed E-state index contributed by atoms with van der Waals surface area (Å²) in [6.07, 6.45) is 7.84. The van der Waals surface area contributed by atoms with Crippen LogP contribution in [0.15, 0.2) is 6.33 Å². The van der Waals surface area contributed by atoms with Crippen LogP contribution < -0.4 is 0 Å². The standard InChI is InChI=1S/C15H25N3/c1-4-15-14(12(3)16-11-17-15)9-8-13-7-6-10-18(13)5-2/h11,13H,4-10H2,1-3H3. The van der Waals surface area contributed by atoms with Crippen molar-refractivity contribution in [3.63, 3.8) is 0 Å².